The van der Waals surface area contributed by atoms with Gasteiger partial charge in [0.15, 0.2) is 0 Å². The van der Waals surface area contributed by atoms with Gasteiger partial charge >= 0.3 is 5.97 Å². The SMILES string of the molecule is CCC(=O)Oc1cc(-c2nc3ccc(C(=N)N)cc3[nH]2)c(O)c(-c2cc(S(N)(=O)=O)ccc2OC)c1. The van der Waals surface area contributed by atoms with Gasteiger partial charge < -0.3 is 25.3 Å². The Morgan fingerprint density at radius 1 is 1.11 bits per heavy atom. The van der Waals surface area contributed by atoms with Crippen molar-refractivity contribution in [2.75, 3.05) is 7.11 Å². The second-order valence-electron chi connectivity index (χ2n) is 7.83. The van der Waals surface area contributed by atoms with Gasteiger partial charge in [-0.15, -0.1) is 0 Å². The molecular weight excluding hydrogens is 486 g/mol. The van der Waals surface area contributed by atoms with Crippen LogP contribution in [0.15, 0.2) is 53.4 Å². The van der Waals surface area contributed by atoms with Crippen LogP contribution in [0.5, 0.6) is 17.2 Å². The van der Waals surface area contributed by atoms with Gasteiger partial charge in [0, 0.05) is 23.1 Å². The third-order valence-corrected chi connectivity index (χ3v) is 6.35. The van der Waals surface area contributed by atoms with E-state index in [2.05, 4.69) is 9.97 Å². The average molecular weight is 510 g/mol. The third kappa shape index (κ3) is 4.72. The zero-order valence-electron chi connectivity index (χ0n) is 19.3. The van der Waals surface area contributed by atoms with Crippen molar-refractivity contribution >= 4 is 32.9 Å². The molecule has 4 rings (SSSR count). The number of hydrogen-bond acceptors (Lipinski definition) is 8. The van der Waals surface area contributed by atoms with Crippen LogP contribution in [0.1, 0.15) is 18.9 Å². The quantitative estimate of drug-likeness (QED) is 0.108. The number of carbonyl (C=O) groups is 1. The number of nitrogens with zero attached hydrogens (tertiary/aromatic N) is 1. The number of carbonyl (C=O) groups excluding carboxylic acids is 1. The number of nitrogens with one attached hydrogen (secondary N) is 2. The number of esters is 1. The van der Waals surface area contributed by atoms with Crippen LogP contribution in [0.4, 0.5) is 0 Å². The number of nitrogen functional groups attached to an aromatic ring is 1. The summed E-state index contributed by atoms with van der Waals surface area (Å²) in [5.41, 5.74) is 7.66. The lowest BCUT2D eigenvalue weighted by Crippen LogP contribution is -2.12. The highest BCUT2D eigenvalue weighted by Crippen LogP contribution is 2.44. The molecule has 7 N–H and O–H groups in total. The van der Waals surface area contributed by atoms with Crippen molar-refractivity contribution in [3.05, 3.63) is 54.1 Å². The molecule has 4 aromatic rings. The third-order valence-electron chi connectivity index (χ3n) is 5.44. The van der Waals surface area contributed by atoms with E-state index in [1.165, 1.54) is 37.4 Å². The van der Waals surface area contributed by atoms with Crippen LogP contribution < -0.4 is 20.3 Å². The first-order chi connectivity index (χ1) is 17.0. The van der Waals surface area contributed by atoms with Gasteiger partial charge in [0.2, 0.25) is 10.0 Å². The van der Waals surface area contributed by atoms with E-state index in [1.807, 2.05) is 0 Å². The van der Waals surface area contributed by atoms with Gasteiger partial charge in [-0.05, 0) is 48.5 Å². The molecule has 0 aliphatic carbocycles. The van der Waals surface area contributed by atoms with Crippen molar-refractivity contribution in [2.24, 2.45) is 10.9 Å². The van der Waals surface area contributed by atoms with Crippen molar-refractivity contribution in [2.45, 2.75) is 18.2 Å². The summed E-state index contributed by atoms with van der Waals surface area (Å²) in [5.74, 6) is -0.328. The van der Waals surface area contributed by atoms with Crippen LogP contribution in [-0.2, 0) is 14.8 Å². The number of ether oxygens (including phenoxy) is 2. The van der Waals surface area contributed by atoms with Gasteiger partial charge in [-0.1, -0.05) is 6.92 Å². The van der Waals surface area contributed by atoms with E-state index >= 15 is 0 Å². The molecule has 186 valence electrons. The summed E-state index contributed by atoms with van der Waals surface area (Å²) in [6.45, 7) is 1.63. The summed E-state index contributed by atoms with van der Waals surface area (Å²) < 4.78 is 34.8. The minimum Gasteiger partial charge on any atom is -0.507 e. The Morgan fingerprint density at radius 3 is 2.47 bits per heavy atom. The maximum Gasteiger partial charge on any atom is 0.310 e. The molecule has 0 bridgehead atoms. The number of aromatic amines is 1. The number of nitrogens with two attached hydrogens (primary N) is 2. The number of methoxy groups -OCH3 is 1. The number of H-pyrrole nitrogens is 1. The molecule has 0 amide bonds. The predicted molar refractivity (Wildman–Crippen MR) is 133 cm³/mol. The van der Waals surface area contributed by atoms with Crippen molar-refractivity contribution < 1.29 is 27.8 Å². The molecule has 36 heavy (non-hydrogen) atoms. The Hall–Kier alpha value is -4.42. The molecule has 0 atom stereocenters. The van der Waals surface area contributed by atoms with Crippen LogP contribution in [0.3, 0.4) is 0 Å². The Bertz CT molecular complexity index is 1630. The molecule has 0 unspecified atom stereocenters. The van der Waals surface area contributed by atoms with Crippen molar-refractivity contribution in [3.8, 4) is 39.8 Å². The summed E-state index contributed by atoms with van der Waals surface area (Å²) in [6.07, 6.45) is 0.105. The minimum absolute atomic E-state index is 0.0950. The number of phenolic OH excluding ortho intramolecular Hbond substituents is 1. The monoisotopic (exact) mass is 509 g/mol. The average Bonchev–Trinajstić information content (AvgIpc) is 3.27. The summed E-state index contributed by atoms with van der Waals surface area (Å²) >= 11 is 0. The van der Waals surface area contributed by atoms with Gasteiger partial charge in [0.25, 0.3) is 0 Å². The first kappa shape index (κ1) is 24.7. The Kier molecular flexibility index (Phi) is 6.39. The zero-order chi connectivity index (χ0) is 26.2. The molecule has 12 heteroatoms. The topological polar surface area (TPSA) is 194 Å². The standard InChI is InChI=1S/C24H23N5O6S/c1-3-21(30)35-13-9-16(15-11-14(36(27,32)33)5-7-20(15)34-2)22(31)17(10-13)24-28-18-6-4-12(23(25)26)8-19(18)29-24/h4-11,31H,3H2,1-2H3,(H3,25,26)(H,28,29)(H2,27,32,33). The maximum atomic E-state index is 12.1. The number of primary sulfonamides is 1. The number of aromatic nitrogens is 2. The summed E-state index contributed by atoms with van der Waals surface area (Å²) in [7, 11) is -2.67. The van der Waals surface area contributed by atoms with Crippen molar-refractivity contribution in [1.82, 2.24) is 9.97 Å². The molecule has 0 aliphatic heterocycles. The Morgan fingerprint density at radius 2 is 1.83 bits per heavy atom. The molecule has 0 radical (unpaired) electrons. The Labute approximate surface area is 206 Å². The first-order valence-electron chi connectivity index (χ1n) is 10.6. The van der Waals surface area contributed by atoms with Gasteiger partial charge in [0.05, 0.1) is 28.6 Å². The van der Waals surface area contributed by atoms with E-state index in [-0.39, 0.29) is 56.9 Å². The van der Waals surface area contributed by atoms with E-state index in [9.17, 15) is 18.3 Å². The fourth-order valence-electron chi connectivity index (χ4n) is 3.64. The van der Waals surface area contributed by atoms with E-state index < -0.39 is 16.0 Å². The lowest BCUT2D eigenvalue weighted by molar-refractivity contribution is -0.134. The maximum absolute atomic E-state index is 12.1. The molecule has 0 spiro atoms. The van der Waals surface area contributed by atoms with Crippen LogP contribution >= 0.6 is 0 Å². The molecule has 0 saturated carbocycles. The van der Waals surface area contributed by atoms with Gasteiger partial charge in [-0.25, -0.2) is 18.5 Å². The van der Waals surface area contributed by atoms with Crippen LogP contribution in [0.2, 0.25) is 0 Å². The highest BCUT2D eigenvalue weighted by atomic mass is 32.2. The smallest absolute Gasteiger partial charge is 0.310 e. The Balaban J connectivity index is 1.98. The molecule has 11 nitrogen and oxygen atoms in total. The highest BCUT2D eigenvalue weighted by Gasteiger charge is 2.22. The number of phenols is 1. The predicted octanol–water partition coefficient (Wildman–Crippen LogP) is 2.86. The van der Waals surface area contributed by atoms with Gasteiger partial charge in [0.1, 0.15) is 28.9 Å². The molecular formula is C24H23N5O6S. The number of amidine groups is 1. The van der Waals surface area contributed by atoms with E-state index in [4.69, 9.17) is 25.8 Å². The molecule has 1 heterocycles. The van der Waals surface area contributed by atoms with E-state index in [1.54, 1.807) is 25.1 Å². The largest absolute Gasteiger partial charge is 0.507 e. The fourth-order valence-corrected chi connectivity index (χ4v) is 4.18. The first-order valence-corrected chi connectivity index (χ1v) is 12.2. The van der Waals surface area contributed by atoms with Crippen molar-refractivity contribution in [3.63, 3.8) is 0 Å². The number of benzene rings is 3. The van der Waals surface area contributed by atoms with E-state index in [0.717, 1.165) is 0 Å². The van der Waals surface area contributed by atoms with Gasteiger partial charge in [-0.2, -0.15) is 0 Å². The van der Waals surface area contributed by atoms with Crippen molar-refractivity contribution in [1.29, 1.82) is 5.41 Å². The van der Waals surface area contributed by atoms with E-state index in [0.29, 0.717) is 16.6 Å². The number of hydrogen-bond donors (Lipinski definition) is 5. The van der Waals surface area contributed by atoms with Crippen LogP contribution in [-0.4, -0.2) is 42.4 Å². The van der Waals surface area contributed by atoms with Crippen LogP contribution in [0.25, 0.3) is 33.5 Å². The molecule has 3 aromatic carbocycles. The van der Waals surface area contributed by atoms with Gasteiger partial charge in [-0.3, -0.25) is 10.2 Å². The molecule has 1 aromatic heterocycles. The molecule has 0 aliphatic rings. The lowest BCUT2D eigenvalue weighted by atomic mass is 9.99. The molecule has 0 fully saturated rings. The number of imidazole rings is 1. The second-order valence-corrected chi connectivity index (χ2v) is 9.39. The number of rotatable bonds is 7. The second kappa shape index (κ2) is 9.32. The number of fused-ring (bicyclic) bond motifs is 1. The highest BCUT2D eigenvalue weighted by molar-refractivity contribution is 7.89. The lowest BCUT2D eigenvalue weighted by Gasteiger charge is -2.15. The summed E-state index contributed by atoms with van der Waals surface area (Å²) in [6, 6.07) is 11.7. The normalized spacial score (nSPS) is 11.4. The molecule has 0 saturated heterocycles. The zero-order valence-corrected chi connectivity index (χ0v) is 20.1. The van der Waals surface area contributed by atoms with Crippen LogP contribution in [0, 0.1) is 5.41 Å². The number of sulfonamides is 1. The summed E-state index contributed by atoms with van der Waals surface area (Å²) in [4.78, 5) is 19.4. The fraction of sp³-hybridized carbons (Fsp3) is 0.125. The summed E-state index contributed by atoms with van der Waals surface area (Å²) in [5, 5.41) is 24.2. The number of aromatic hydroxyl groups is 1. The minimum atomic E-state index is -4.06.